The predicted octanol–water partition coefficient (Wildman–Crippen LogP) is -0.407. The number of anilines is 1. The molecule has 0 saturated carbocycles. The Labute approximate surface area is 92.3 Å². The van der Waals surface area contributed by atoms with Crippen molar-refractivity contribution in [3.8, 4) is 0 Å². The number of rotatable bonds is 4. The summed E-state index contributed by atoms with van der Waals surface area (Å²) in [7, 11) is 0. The van der Waals surface area contributed by atoms with Crippen LogP contribution in [0.5, 0.6) is 0 Å². The molecule has 16 heavy (non-hydrogen) atoms. The number of nitrogens with zero attached hydrogens (tertiary/aromatic N) is 1. The summed E-state index contributed by atoms with van der Waals surface area (Å²) in [6, 6.07) is 0. The van der Waals surface area contributed by atoms with Gasteiger partial charge in [-0.2, -0.15) is 5.10 Å². The van der Waals surface area contributed by atoms with Crippen LogP contribution >= 0.6 is 0 Å². The number of aryl methyl sites for hydroxylation is 1. The van der Waals surface area contributed by atoms with Crippen LogP contribution in [0.3, 0.4) is 0 Å². The lowest BCUT2D eigenvalue weighted by atomic mass is 10.3. The highest BCUT2D eigenvalue weighted by Gasteiger charge is 2.15. The Morgan fingerprint density at radius 3 is 2.75 bits per heavy atom. The van der Waals surface area contributed by atoms with E-state index in [0.717, 1.165) is 0 Å². The lowest BCUT2D eigenvalue weighted by Gasteiger charge is -2.03. The van der Waals surface area contributed by atoms with Gasteiger partial charge in [0.25, 0.3) is 5.91 Å². The zero-order chi connectivity index (χ0) is 12.1. The molecule has 0 spiro atoms. The van der Waals surface area contributed by atoms with E-state index < -0.39 is 11.9 Å². The van der Waals surface area contributed by atoms with Gasteiger partial charge in [-0.25, -0.2) is 0 Å². The summed E-state index contributed by atoms with van der Waals surface area (Å²) in [6.07, 6.45) is 0. The molecule has 1 rings (SSSR count). The molecule has 0 aromatic carbocycles. The van der Waals surface area contributed by atoms with E-state index in [9.17, 15) is 9.59 Å². The number of ether oxygens (including phenoxy) is 1. The minimum atomic E-state index is -0.505. The monoisotopic (exact) mass is 226 g/mol. The van der Waals surface area contributed by atoms with Gasteiger partial charge in [-0.15, -0.1) is 0 Å². The van der Waals surface area contributed by atoms with Gasteiger partial charge in [-0.1, -0.05) is 0 Å². The maximum absolute atomic E-state index is 11.5. The van der Waals surface area contributed by atoms with Crippen molar-refractivity contribution in [1.82, 2.24) is 15.5 Å². The Bertz CT molecular complexity index is 399. The molecule has 0 aliphatic rings. The normalized spacial score (nSPS) is 9.88. The number of amides is 1. The zero-order valence-corrected chi connectivity index (χ0v) is 9.16. The van der Waals surface area contributed by atoms with Gasteiger partial charge >= 0.3 is 5.97 Å². The Balaban J connectivity index is 2.53. The smallest absolute Gasteiger partial charge is 0.325 e. The van der Waals surface area contributed by atoms with Crippen molar-refractivity contribution in [2.24, 2.45) is 0 Å². The Morgan fingerprint density at radius 2 is 2.25 bits per heavy atom. The number of nitrogen functional groups attached to an aromatic ring is 1. The van der Waals surface area contributed by atoms with E-state index in [1.54, 1.807) is 13.8 Å². The first-order chi connectivity index (χ1) is 7.56. The van der Waals surface area contributed by atoms with Crippen LogP contribution in [0, 0.1) is 6.92 Å². The molecule has 1 heterocycles. The molecule has 7 heteroatoms. The van der Waals surface area contributed by atoms with Gasteiger partial charge in [0.15, 0.2) is 5.69 Å². The topological polar surface area (TPSA) is 110 Å². The number of aromatic amines is 1. The SMILES string of the molecule is CCOC(=O)CNC(=O)c1n[nH]c(C)c1N. The summed E-state index contributed by atoms with van der Waals surface area (Å²) < 4.78 is 4.65. The highest BCUT2D eigenvalue weighted by molar-refractivity contribution is 5.98. The molecule has 0 radical (unpaired) electrons. The highest BCUT2D eigenvalue weighted by Crippen LogP contribution is 2.11. The summed E-state index contributed by atoms with van der Waals surface area (Å²) in [6.45, 7) is 3.47. The minimum absolute atomic E-state index is 0.0850. The molecule has 0 fully saturated rings. The maximum atomic E-state index is 11.5. The predicted molar refractivity (Wildman–Crippen MR) is 56.7 cm³/mol. The van der Waals surface area contributed by atoms with Crippen LogP contribution < -0.4 is 11.1 Å². The number of carbonyl (C=O) groups is 2. The summed E-state index contributed by atoms with van der Waals surface area (Å²) in [4.78, 5) is 22.5. The van der Waals surface area contributed by atoms with Crippen LogP contribution in [0.15, 0.2) is 0 Å². The first-order valence-corrected chi connectivity index (χ1v) is 4.80. The molecule has 1 amide bonds. The van der Waals surface area contributed by atoms with Crippen LogP contribution in [0.2, 0.25) is 0 Å². The van der Waals surface area contributed by atoms with Gasteiger partial charge in [-0.3, -0.25) is 14.7 Å². The quantitative estimate of drug-likeness (QED) is 0.605. The number of hydrogen-bond donors (Lipinski definition) is 3. The van der Waals surface area contributed by atoms with E-state index in [1.165, 1.54) is 0 Å². The van der Waals surface area contributed by atoms with E-state index in [0.29, 0.717) is 5.69 Å². The van der Waals surface area contributed by atoms with E-state index in [1.807, 2.05) is 0 Å². The molecule has 1 aromatic rings. The van der Waals surface area contributed by atoms with Gasteiger partial charge in [0.1, 0.15) is 6.54 Å². The second kappa shape index (κ2) is 5.15. The van der Waals surface area contributed by atoms with E-state index in [2.05, 4.69) is 20.3 Å². The Kier molecular flexibility index (Phi) is 3.87. The van der Waals surface area contributed by atoms with Gasteiger partial charge in [0.2, 0.25) is 0 Å². The van der Waals surface area contributed by atoms with Gasteiger partial charge in [0, 0.05) is 0 Å². The second-order valence-electron chi connectivity index (χ2n) is 3.10. The molecule has 0 aliphatic carbocycles. The van der Waals surface area contributed by atoms with Crippen LogP contribution in [-0.2, 0) is 9.53 Å². The van der Waals surface area contributed by atoms with Gasteiger partial charge in [0.05, 0.1) is 18.0 Å². The van der Waals surface area contributed by atoms with Crippen molar-refractivity contribution < 1.29 is 14.3 Å². The number of carbonyl (C=O) groups excluding carboxylic acids is 2. The Hall–Kier alpha value is -2.05. The van der Waals surface area contributed by atoms with E-state index >= 15 is 0 Å². The average molecular weight is 226 g/mol. The van der Waals surface area contributed by atoms with E-state index in [4.69, 9.17) is 5.73 Å². The van der Waals surface area contributed by atoms with Crippen molar-refractivity contribution in [3.05, 3.63) is 11.4 Å². The van der Waals surface area contributed by atoms with Crippen molar-refractivity contribution in [1.29, 1.82) is 0 Å². The molecule has 0 saturated heterocycles. The van der Waals surface area contributed by atoms with Crippen molar-refractivity contribution in [3.63, 3.8) is 0 Å². The van der Waals surface area contributed by atoms with E-state index in [-0.39, 0.29) is 24.5 Å². The van der Waals surface area contributed by atoms with Gasteiger partial charge in [-0.05, 0) is 13.8 Å². The molecule has 0 atom stereocenters. The van der Waals surface area contributed by atoms with Crippen molar-refractivity contribution >= 4 is 17.6 Å². The first kappa shape index (κ1) is 12.0. The average Bonchev–Trinajstić information content (AvgIpc) is 2.57. The summed E-state index contributed by atoms with van der Waals surface area (Å²) in [5.74, 6) is -1.00. The molecule has 0 bridgehead atoms. The lowest BCUT2D eigenvalue weighted by Crippen LogP contribution is -2.31. The standard InChI is InChI=1S/C9H14N4O3/c1-3-16-6(14)4-11-9(15)8-7(10)5(2)12-13-8/h3-4,10H2,1-2H3,(H,11,15)(H,12,13). The van der Waals surface area contributed by atoms with Crippen LogP contribution in [0.25, 0.3) is 0 Å². The number of H-pyrrole nitrogens is 1. The fraction of sp³-hybridized carbons (Fsp3) is 0.444. The molecular formula is C9H14N4O3. The van der Waals surface area contributed by atoms with Crippen LogP contribution in [0.4, 0.5) is 5.69 Å². The zero-order valence-electron chi connectivity index (χ0n) is 9.16. The largest absolute Gasteiger partial charge is 0.465 e. The summed E-state index contributed by atoms with van der Waals surface area (Å²) in [5.41, 5.74) is 6.57. The molecule has 1 aromatic heterocycles. The van der Waals surface area contributed by atoms with Crippen LogP contribution in [0.1, 0.15) is 23.1 Å². The Morgan fingerprint density at radius 1 is 1.56 bits per heavy atom. The molecule has 88 valence electrons. The highest BCUT2D eigenvalue weighted by atomic mass is 16.5. The lowest BCUT2D eigenvalue weighted by molar-refractivity contribution is -0.141. The maximum Gasteiger partial charge on any atom is 0.325 e. The number of aromatic nitrogens is 2. The number of esters is 1. The minimum Gasteiger partial charge on any atom is -0.465 e. The van der Waals surface area contributed by atoms with Crippen LogP contribution in [-0.4, -0.2) is 35.2 Å². The number of nitrogens with two attached hydrogens (primary N) is 1. The number of hydrogen-bond acceptors (Lipinski definition) is 5. The van der Waals surface area contributed by atoms with Gasteiger partial charge < -0.3 is 15.8 Å². The summed E-state index contributed by atoms with van der Waals surface area (Å²) >= 11 is 0. The third kappa shape index (κ3) is 2.72. The first-order valence-electron chi connectivity index (χ1n) is 4.80. The van der Waals surface area contributed by atoms with Crippen molar-refractivity contribution in [2.45, 2.75) is 13.8 Å². The molecular weight excluding hydrogens is 212 g/mol. The number of nitrogens with one attached hydrogen (secondary N) is 2. The summed E-state index contributed by atoms with van der Waals surface area (Å²) in [5, 5.41) is 8.67. The fourth-order valence-corrected chi connectivity index (χ4v) is 1.06. The molecule has 0 unspecified atom stereocenters. The molecule has 4 N–H and O–H groups in total. The third-order valence-corrected chi connectivity index (χ3v) is 1.91. The fourth-order valence-electron chi connectivity index (χ4n) is 1.06. The molecule has 7 nitrogen and oxygen atoms in total. The molecule has 0 aliphatic heterocycles. The second-order valence-corrected chi connectivity index (χ2v) is 3.10. The van der Waals surface area contributed by atoms with Crippen molar-refractivity contribution in [2.75, 3.05) is 18.9 Å². The third-order valence-electron chi connectivity index (χ3n) is 1.91.